The zero-order valence-corrected chi connectivity index (χ0v) is 8.19. The van der Waals surface area contributed by atoms with Gasteiger partial charge in [0.15, 0.2) is 10.9 Å². The van der Waals surface area contributed by atoms with Gasteiger partial charge in [-0.15, -0.1) is 0 Å². The Hall–Kier alpha value is -0.850. The Labute approximate surface area is 83.5 Å². The summed E-state index contributed by atoms with van der Waals surface area (Å²) in [7, 11) is 0. The molecule has 0 aliphatic carbocycles. The van der Waals surface area contributed by atoms with Gasteiger partial charge in [-0.05, 0) is 6.26 Å². The molecule has 0 atom stereocenters. The van der Waals surface area contributed by atoms with Crippen molar-refractivity contribution in [3.63, 3.8) is 0 Å². The number of nitrogens with zero attached hydrogens (tertiary/aromatic N) is 2. The number of halogens is 1. The lowest BCUT2D eigenvalue weighted by atomic mass is 10.4. The summed E-state index contributed by atoms with van der Waals surface area (Å²) in [6.07, 6.45) is 3.08. The molecule has 1 aromatic heterocycles. The van der Waals surface area contributed by atoms with E-state index in [0.29, 0.717) is 5.16 Å². The lowest BCUT2D eigenvalue weighted by Crippen LogP contribution is -2.20. The van der Waals surface area contributed by atoms with Crippen LogP contribution in [-0.2, 0) is 0 Å². The van der Waals surface area contributed by atoms with Gasteiger partial charge < -0.3 is 0 Å². The number of hydroxylamine groups is 1. The molecule has 13 heavy (non-hydrogen) atoms. The Bertz CT molecular complexity index is 334. The van der Waals surface area contributed by atoms with E-state index in [1.165, 1.54) is 23.4 Å². The molecule has 1 rings (SSSR count). The molecule has 1 aromatic rings. The van der Waals surface area contributed by atoms with E-state index in [2.05, 4.69) is 9.97 Å². The van der Waals surface area contributed by atoms with Gasteiger partial charge in [-0.25, -0.2) is 15.4 Å². The van der Waals surface area contributed by atoms with Crippen LogP contribution in [0.5, 0.6) is 0 Å². The van der Waals surface area contributed by atoms with Crippen molar-refractivity contribution in [3.8, 4) is 0 Å². The largest absolute Gasteiger partial charge is 0.294 e. The fourth-order valence-electron chi connectivity index (χ4n) is 0.661. The van der Waals surface area contributed by atoms with Gasteiger partial charge in [0.2, 0.25) is 0 Å². The van der Waals surface area contributed by atoms with E-state index in [-0.39, 0.29) is 10.7 Å². The minimum atomic E-state index is -0.747. The first-order chi connectivity index (χ1) is 6.19. The number of amides is 1. The van der Waals surface area contributed by atoms with Crippen LogP contribution in [0.1, 0.15) is 10.5 Å². The van der Waals surface area contributed by atoms with Crippen LogP contribution < -0.4 is 5.48 Å². The molecule has 0 saturated heterocycles. The maximum atomic E-state index is 11.0. The van der Waals surface area contributed by atoms with Gasteiger partial charge in [0.1, 0.15) is 0 Å². The van der Waals surface area contributed by atoms with E-state index >= 15 is 0 Å². The van der Waals surface area contributed by atoms with E-state index in [4.69, 9.17) is 16.8 Å². The summed E-state index contributed by atoms with van der Waals surface area (Å²) in [6, 6.07) is 0. The normalized spacial score (nSPS) is 9.77. The minimum absolute atomic E-state index is 0.0384. The number of hydrogen-bond acceptors (Lipinski definition) is 5. The fraction of sp³-hybridized carbons (Fsp3) is 0.167. The van der Waals surface area contributed by atoms with Gasteiger partial charge in [-0.3, -0.25) is 10.0 Å². The van der Waals surface area contributed by atoms with E-state index in [1.807, 2.05) is 0 Å². The Balaban J connectivity index is 3.11. The predicted molar refractivity (Wildman–Crippen MR) is 48.1 cm³/mol. The number of carbonyl (C=O) groups is 1. The van der Waals surface area contributed by atoms with Crippen LogP contribution in [0.3, 0.4) is 0 Å². The van der Waals surface area contributed by atoms with Crippen molar-refractivity contribution in [2.75, 3.05) is 6.26 Å². The first-order valence-electron chi connectivity index (χ1n) is 3.20. The molecule has 7 heteroatoms. The molecule has 0 fully saturated rings. The van der Waals surface area contributed by atoms with Crippen LogP contribution in [0.15, 0.2) is 11.4 Å². The van der Waals surface area contributed by atoms with Gasteiger partial charge in [-0.2, -0.15) is 0 Å². The summed E-state index contributed by atoms with van der Waals surface area (Å²) in [4.78, 5) is 18.6. The third-order valence-electron chi connectivity index (χ3n) is 1.22. The second-order valence-corrected chi connectivity index (χ2v) is 3.17. The average Bonchev–Trinajstić information content (AvgIpc) is 2.17. The van der Waals surface area contributed by atoms with Crippen molar-refractivity contribution < 1.29 is 10.0 Å². The van der Waals surface area contributed by atoms with Crippen molar-refractivity contribution >= 4 is 29.3 Å². The fourth-order valence-corrected chi connectivity index (χ4v) is 1.18. The zero-order chi connectivity index (χ0) is 9.84. The lowest BCUT2D eigenvalue weighted by molar-refractivity contribution is 0.0700. The molecular formula is C6H6ClN3O2S. The smallest absolute Gasteiger partial charge is 0.288 e. The summed E-state index contributed by atoms with van der Waals surface area (Å²) < 4.78 is 0. The van der Waals surface area contributed by atoms with Gasteiger partial charge in [0.25, 0.3) is 5.91 Å². The molecule has 0 aromatic carbocycles. The molecular weight excluding hydrogens is 214 g/mol. The summed E-state index contributed by atoms with van der Waals surface area (Å²) in [6.45, 7) is 0. The molecule has 0 radical (unpaired) electrons. The van der Waals surface area contributed by atoms with Crippen molar-refractivity contribution in [2.45, 2.75) is 5.16 Å². The second-order valence-electron chi connectivity index (χ2n) is 1.99. The third kappa shape index (κ3) is 2.30. The maximum absolute atomic E-state index is 11.0. The van der Waals surface area contributed by atoms with E-state index in [1.54, 1.807) is 6.26 Å². The highest BCUT2D eigenvalue weighted by Gasteiger charge is 2.12. The molecule has 2 N–H and O–H groups in total. The Morgan fingerprint density at radius 2 is 2.46 bits per heavy atom. The number of rotatable bonds is 2. The minimum Gasteiger partial charge on any atom is -0.288 e. The highest BCUT2D eigenvalue weighted by Crippen LogP contribution is 2.15. The van der Waals surface area contributed by atoms with E-state index in [9.17, 15) is 4.79 Å². The van der Waals surface area contributed by atoms with E-state index < -0.39 is 5.91 Å². The number of thioether (sulfide) groups is 1. The van der Waals surface area contributed by atoms with Crippen LogP contribution in [-0.4, -0.2) is 27.3 Å². The number of hydrogen-bond donors (Lipinski definition) is 2. The quantitative estimate of drug-likeness (QED) is 0.336. The molecule has 0 aliphatic rings. The monoisotopic (exact) mass is 219 g/mol. The molecule has 0 spiro atoms. The second kappa shape index (κ2) is 4.40. The summed E-state index contributed by atoms with van der Waals surface area (Å²) in [5, 5.41) is 8.87. The lowest BCUT2D eigenvalue weighted by Gasteiger charge is -2.01. The van der Waals surface area contributed by atoms with Crippen molar-refractivity contribution in [1.82, 2.24) is 15.4 Å². The van der Waals surface area contributed by atoms with E-state index in [0.717, 1.165) is 0 Å². The van der Waals surface area contributed by atoms with Gasteiger partial charge in [0.05, 0.1) is 11.2 Å². The van der Waals surface area contributed by atoms with Crippen molar-refractivity contribution in [3.05, 3.63) is 16.9 Å². The first-order valence-corrected chi connectivity index (χ1v) is 4.80. The third-order valence-corrected chi connectivity index (χ3v) is 2.06. The van der Waals surface area contributed by atoms with Crippen LogP contribution in [0.25, 0.3) is 0 Å². The van der Waals surface area contributed by atoms with Crippen LogP contribution in [0, 0.1) is 0 Å². The predicted octanol–water partition coefficient (Wildman–Crippen LogP) is 0.971. The van der Waals surface area contributed by atoms with Crippen LogP contribution in [0.2, 0.25) is 5.02 Å². The molecule has 0 bridgehead atoms. The summed E-state index contributed by atoms with van der Waals surface area (Å²) >= 11 is 6.90. The van der Waals surface area contributed by atoms with Crippen LogP contribution >= 0.6 is 23.4 Å². The highest BCUT2D eigenvalue weighted by atomic mass is 35.5. The Kier molecular flexibility index (Phi) is 3.47. The van der Waals surface area contributed by atoms with Crippen LogP contribution in [0.4, 0.5) is 0 Å². The molecule has 5 nitrogen and oxygen atoms in total. The topological polar surface area (TPSA) is 75.1 Å². The Morgan fingerprint density at radius 1 is 1.77 bits per heavy atom. The molecule has 1 heterocycles. The van der Waals surface area contributed by atoms with Gasteiger partial charge in [0, 0.05) is 0 Å². The maximum Gasteiger partial charge on any atom is 0.294 e. The SMILES string of the molecule is CSc1ncc(Cl)c(C(=O)NO)n1. The molecule has 1 amide bonds. The van der Waals surface area contributed by atoms with Crippen molar-refractivity contribution in [2.24, 2.45) is 0 Å². The Morgan fingerprint density at radius 3 is 3.00 bits per heavy atom. The van der Waals surface area contributed by atoms with Crippen molar-refractivity contribution in [1.29, 1.82) is 0 Å². The molecule has 70 valence electrons. The zero-order valence-electron chi connectivity index (χ0n) is 6.61. The van der Waals surface area contributed by atoms with Gasteiger partial charge >= 0.3 is 0 Å². The number of carbonyl (C=O) groups excluding carboxylic acids is 1. The standard InChI is InChI=1S/C6H6ClN3O2S/c1-13-6-8-2-3(7)4(9-6)5(11)10-12/h2,12H,1H3,(H,10,11). The molecule has 0 aliphatic heterocycles. The number of aromatic nitrogens is 2. The first kappa shape index (κ1) is 10.2. The summed E-state index contributed by atoms with van der Waals surface area (Å²) in [5.74, 6) is -0.747. The highest BCUT2D eigenvalue weighted by molar-refractivity contribution is 7.98. The van der Waals surface area contributed by atoms with Gasteiger partial charge in [-0.1, -0.05) is 23.4 Å². The number of nitrogens with one attached hydrogen (secondary N) is 1. The average molecular weight is 220 g/mol. The molecule has 0 unspecified atom stereocenters. The summed E-state index contributed by atoms with van der Waals surface area (Å²) in [5.41, 5.74) is 1.41. The molecule has 0 saturated carbocycles.